The summed E-state index contributed by atoms with van der Waals surface area (Å²) in [5.41, 5.74) is -0.667. The molecule has 1 aromatic carbocycles. The molecule has 1 amide bonds. The van der Waals surface area contributed by atoms with Gasteiger partial charge in [-0.15, -0.1) is 0 Å². The standard InChI is InChI=1S/C10H9FN2O3S/c11-7-2-1-3-8(10(7)13(15)16)12-5-6(17)4-9(12)14/h1-3,6,17H,4-5H2. The molecule has 5 nitrogen and oxygen atoms in total. The number of hydrogen-bond donors (Lipinski definition) is 1. The van der Waals surface area contributed by atoms with Crippen LogP contribution in [0.5, 0.6) is 0 Å². The average Bonchev–Trinajstić information content (AvgIpc) is 2.56. The van der Waals surface area contributed by atoms with E-state index in [1.807, 2.05) is 0 Å². The number of para-hydroxylation sites is 1. The smallest absolute Gasteiger partial charge is 0.305 e. The first-order valence-corrected chi connectivity index (χ1v) is 5.43. The Morgan fingerprint density at radius 3 is 2.76 bits per heavy atom. The molecule has 1 unspecified atom stereocenters. The molecule has 1 atom stereocenters. The van der Waals surface area contributed by atoms with Crippen LogP contribution in [0.3, 0.4) is 0 Å². The lowest BCUT2D eigenvalue weighted by molar-refractivity contribution is -0.386. The number of carbonyl (C=O) groups excluding carboxylic acids is 1. The van der Waals surface area contributed by atoms with Crippen LogP contribution < -0.4 is 4.90 Å². The van der Waals surface area contributed by atoms with Gasteiger partial charge >= 0.3 is 5.69 Å². The third kappa shape index (κ3) is 2.10. The monoisotopic (exact) mass is 256 g/mol. The van der Waals surface area contributed by atoms with Crippen LogP contribution in [0.2, 0.25) is 0 Å². The number of nitro groups is 1. The summed E-state index contributed by atoms with van der Waals surface area (Å²) in [6.07, 6.45) is 0.205. The number of thiol groups is 1. The molecule has 90 valence electrons. The molecule has 0 aromatic heterocycles. The number of nitrogens with zero attached hydrogens (tertiary/aromatic N) is 2. The first-order valence-electron chi connectivity index (χ1n) is 4.92. The Kier molecular flexibility index (Phi) is 3.01. The van der Waals surface area contributed by atoms with E-state index in [1.165, 1.54) is 17.0 Å². The van der Waals surface area contributed by atoms with E-state index < -0.39 is 16.4 Å². The van der Waals surface area contributed by atoms with Gasteiger partial charge in [-0.25, -0.2) is 0 Å². The van der Waals surface area contributed by atoms with Gasteiger partial charge in [0.15, 0.2) is 0 Å². The second kappa shape index (κ2) is 4.33. The second-order valence-corrected chi connectivity index (χ2v) is 4.46. The predicted molar refractivity (Wildman–Crippen MR) is 62.8 cm³/mol. The van der Waals surface area contributed by atoms with Crippen molar-refractivity contribution in [1.29, 1.82) is 0 Å². The van der Waals surface area contributed by atoms with E-state index in [1.54, 1.807) is 0 Å². The summed E-state index contributed by atoms with van der Waals surface area (Å²) in [6, 6.07) is 3.71. The molecule has 0 spiro atoms. The van der Waals surface area contributed by atoms with Gasteiger partial charge < -0.3 is 4.90 Å². The lowest BCUT2D eigenvalue weighted by atomic mass is 10.2. The second-order valence-electron chi connectivity index (χ2n) is 3.73. The van der Waals surface area contributed by atoms with Crippen molar-refractivity contribution in [1.82, 2.24) is 0 Å². The lowest BCUT2D eigenvalue weighted by Gasteiger charge is -2.15. The van der Waals surface area contributed by atoms with Crippen LogP contribution in [0.1, 0.15) is 6.42 Å². The molecule has 0 bridgehead atoms. The van der Waals surface area contributed by atoms with Crippen molar-refractivity contribution in [3.8, 4) is 0 Å². The minimum atomic E-state index is -0.942. The molecule has 1 saturated heterocycles. The van der Waals surface area contributed by atoms with Gasteiger partial charge in [0.25, 0.3) is 0 Å². The molecule has 1 aliphatic rings. The fraction of sp³-hybridized carbons (Fsp3) is 0.300. The van der Waals surface area contributed by atoms with E-state index in [0.29, 0.717) is 0 Å². The van der Waals surface area contributed by atoms with Crippen molar-refractivity contribution < 1.29 is 14.1 Å². The summed E-state index contributed by atoms with van der Waals surface area (Å²) in [5, 5.41) is 10.6. The van der Waals surface area contributed by atoms with Crippen LogP contribution in [-0.2, 0) is 4.79 Å². The number of halogens is 1. The fourth-order valence-corrected chi connectivity index (χ4v) is 2.14. The zero-order valence-electron chi connectivity index (χ0n) is 8.67. The first-order chi connectivity index (χ1) is 8.00. The van der Waals surface area contributed by atoms with Crippen LogP contribution in [0, 0.1) is 15.9 Å². The predicted octanol–water partition coefficient (Wildman–Crippen LogP) is 1.77. The summed E-state index contributed by atoms with van der Waals surface area (Å²) in [4.78, 5) is 22.8. The highest BCUT2D eigenvalue weighted by atomic mass is 32.1. The van der Waals surface area contributed by atoms with Crippen molar-refractivity contribution >= 4 is 29.9 Å². The van der Waals surface area contributed by atoms with Crippen molar-refractivity contribution in [2.45, 2.75) is 11.7 Å². The SMILES string of the molecule is O=C1CC(S)CN1c1cccc(F)c1[N+](=O)[O-]. The van der Waals surface area contributed by atoms with E-state index in [9.17, 15) is 19.3 Å². The Balaban J connectivity index is 2.49. The van der Waals surface area contributed by atoms with E-state index in [-0.39, 0.29) is 29.8 Å². The molecule has 1 heterocycles. The maximum absolute atomic E-state index is 13.4. The molecule has 0 radical (unpaired) electrons. The Morgan fingerprint density at radius 2 is 2.24 bits per heavy atom. The molecular weight excluding hydrogens is 247 g/mol. The minimum absolute atomic E-state index is 0.00319. The molecule has 0 aliphatic carbocycles. The Hall–Kier alpha value is -1.63. The van der Waals surface area contributed by atoms with E-state index in [4.69, 9.17) is 0 Å². The van der Waals surface area contributed by atoms with Crippen molar-refractivity contribution in [2.24, 2.45) is 0 Å². The third-order valence-corrected chi connectivity index (χ3v) is 2.89. The summed E-state index contributed by atoms with van der Waals surface area (Å²) < 4.78 is 13.4. The van der Waals surface area contributed by atoms with Gasteiger partial charge in [0.2, 0.25) is 11.7 Å². The number of anilines is 1. The third-order valence-electron chi connectivity index (χ3n) is 2.54. The Labute approximate surface area is 102 Å². The zero-order chi connectivity index (χ0) is 12.6. The van der Waals surface area contributed by atoms with Crippen LogP contribution in [0.15, 0.2) is 18.2 Å². The molecule has 0 saturated carbocycles. The molecule has 1 aliphatic heterocycles. The Morgan fingerprint density at radius 1 is 1.53 bits per heavy atom. The van der Waals surface area contributed by atoms with Gasteiger partial charge in [-0.05, 0) is 12.1 Å². The lowest BCUT2D eigenvalue weighted by Crippen LogP contribution is -2.25. The van der Waals surface area contributed by atoms with Crippen LogP contribution >= 0.6 is 12.6 Å². The molecule has 0 N–H and O–H groups in total. The number of rotatable bonds is 2. The van der Waals surface area contributed by atoms with Gasteiger partial charge in [0.05, 0.1) is 4.92 Å². The van der Waals surface area contributed by atoms with Crippen LogP contribution in [-0.4, -0.2) is 22.6 Å². The van der Waals surface area contributed by atoms with Crippen molar-refractivity contribution in [2.75, 3.05) is 11.4 Å². The van der Waals surface area contributed by atoms with Crippen LogP contribution in [0.25, 0.3) is 0 Å². The number of nitro benzene ring substituents is 1. The van der Waals surface area contributed by atoms with Gasteiger partial charge in [0, 0.05) is 18.2 Å². The first kappa shape index (κ1) is 11.8. The van der Waals surface area contributed by atoms with Gasteiger partial charge in [-0.1, -0.05) is 6.07 Å². The number of amides is 1. The largest absolute Gasteiger partial charge is 0.328 e. The summed E-state index contributed by atoms with van der Waals surface area (Å²) >= 11 is 4.15. The number of hydrogen-bond acceptors (Lipinski definition) is 4. The minimum Gasteiger partial charge on any atom is -0.305 e. The zero-order valence-corrected chi connectivity index (χ0v) is 9.56. The fourth-order valence-electron chi connectivity index (χ4n) is 1.82. The highest BCUT2D eigenvalue weighted by Gasteiger charge is 2.34. The molecule has 17 heavy (non-hydrogen) atoms. The maximum Gasteiger partial charge on any atom is 0.328 e. The van der Waals surface area contributed by atoms with E-state index >= 15 is 0 Å². The molecule has 1 fully saturated rings. The average molecular weight is 256 g/mol. The van der Waals surface area contributed by atoms with Crippen LogP contribution in [0.4, 0.5) is 15.8 Å². The summed E-state index contributed by atoms with van der Waals surface area (Å²) in [5.74, 6) is -1.22. The highest BCUT2D eigenvalue weighted by Crippen LogP contribution is 2.34. The van der Waals surface area contributed by atoms with Gasteiger partial charge in [-0.3, -0.25) is 14.9 Å². The highest BCUT2D eigenvalue weighted by molar-refractivity contribution is 7.81. The Bertz CT molecular complexity index is 494. The summed E-state index contributed by atoms with van der Waals surface area (Å²) in [7, 11) is 0. The normalized spacial score (nSPS) is 19.8. The topological polar surface area (TPSA) is 63.5 Å². The maximum atomic E-state index is 13.4. The number of carbonyl (C=O) groups is 1. The molecule has 1 aromatic rings. The molecule has 7 heteroatoms. The van der Waals surface area contributed by atoms with Crippen molar-refractivity contribution in [3.05, 3.63) is 34.1 Å². The number of benzene rings is 1. The van der Waals surface area contributed by atoms with Gasteiger partial charge in [-0.2, -0.15) is 17.0 Å². The summed E-state index contributed by atoms with van der Waals surface area (Å²) in [6.45, 7) is 0.256. The van der Waals surface area contributed by atoms with Crippen molar-refractivity contribution in [3.63, 3.8) is 0 Å². The van der Waals surface area contributed by atoms with E-state index in [0.717, 1.165) is 6.07 Å². The molecular formula is C10H9FN2O3S. The van der Waals surface area contributed by atoms with Gasteiger partial charge in [0.1, 0.15) is 5.69 Å². The quantitative estimate of drug-likeness (QED) is 0.498. The van der Waals surface area contributed by atoms with E-state index in [2.05, 4.69) is 12.6 Å². The molecule has 2 rings (SSSR count).